The van der Waals surface area contributed by atoms with Crippen molar-refractivity contribution in [3.63, 3.8) is 0 Å². The van der Waals surface area contributed by atoms with Gasteiger partial charge in [0.05, 0.1) is 18.1 Å². The van der Waals surface area contributed by atoms with E-state index >= 15 is 0 Å². The van der Waals surface area contributed by atoms with Gasteiger partial charge < -0.3 is 15.0 Å². The molecule has 0 aromatic carbocycles. The van der Waals surface area contributed by atoms with Gasteiger partial charge in [-0.3, -0.25) is 4.79 Å². The van der Waals surface area contributed by atoms with Crippen LogP contribution in [0, 0.1) is 0 Å². The zero-order valence-electron chi connectivity index (χ0n) is 12.4. The van der Waals surface area contributed by atoms with Crippen LogP contribution < -0.4 is 5.32 Å². The molecule has 2 saturated heterocycles. The third-order valence-electron chi connectivity index (χ3n) is 3.93. The highest BCUT2D eigenvalue weighted by Crippen LogP contribution is 2.20. The van der Waals surface area contributed by atoms with Gasteiger partial charge in [0.15, 0.2) is 9.84 Å². The first-order valence-corrected chi connectivity index (χ1v) is 10.3. The van der Waals surface area contributed by atoms with Crippen LogP contribution in [0.15, 0.2) is 0 Å². The Kier molecular flexibility index (Phi) is 6.34. The molecule has 0 aliphatic carbocycles. The number of carbonyl (C=O) groups is 1. The maximum absolute atomic E-state index is 12.5. The number of ether oxygens (including phenoxy) is 1. The van der Waals surface area contributed by atoms with Gasteiger partial charge in [0, 0.05) is 50.2 Å². The number of methoxy groups -OCH3 is 1. The number of thioether (sulfide) groups is 1. The lowest BCUT2D eigenvalue weighted by molar-refractivity contribution is -0.134. The van der Waals surface area contributed by atoms with Crippen molar-refractivity contribution in [2.75, 3.05) is 49.8 Å². The van der Waals surface area contributed by atoms with Crippen molar-refractivity contribution in [2.24, 2.45) is 0 Å². The minimum Gasteiger partial charge on any atom is -0.383 e. The summed E-state index contributed by atoms with van der Waals surface area (Å²) in [5.41, 5.74) is 0. The normalized spacial score (nSPS) is 28.4. The second-order valence-electron chi connectivity index (χ2n) is 5.57. The summed E-state index contributed by atoms with van der Waals surface area (Å²) in [7, 11) is -1.40. The lowest BCUT2D eigenvalue weighted by Gasteiger charge is -2.31. The van der Waals surface area contributed by atoms with Crippen LogP contribution in [0.4, 0.5) is 0 Å². The summed E-state index contributed by atoms with van der Waals surface area (Å²) in [5.74, 6) is 2.33. The third-order valence-corrected chi connectivity index (χ3v) is 6.81. The largest absolute Gasteiger partial charge is 0.383 e. The SMILES string of the molecule is COCCN(C(=O)CC1CSCCN1)C1CCS(=O)(=O)C1. The number of carbonyl (C=O) groups excluding carboxylic acids is 1. The molecule has 6 nitrogen and oxygen atoms in total. The lowest BCUT2D eigenvalue weighted by atomic mass is 10.1. The van der Waals surface area contributed by atoms with E-state index in [9.17, 15) is 13.2 Å². The van der Waals surface area contributed by atoms with E-state index in [4.69, 9.17) is 4.74 Å². The van der Waals surface area contributed by atoms with Crippen LogP contribution in [0.3, 0.4) is 0 Å². The summed E-state index contributed by atoms with van der Waals surface area (Å²) in [6.45, 7) is 1.84. The van der Waals surface area contributed by atoms with Crippen molar-refractivity contribution < 1.29 is 17.9 Å². The first-order chi connectivity index (χ1) is 10.0. The van der Waals surface area contributed by atoms with Crippen molar-refractivity contribution in [1.82, 2.24) is 10.2 Å². The molecule has 0 bridgehead atoms. The summed E-state index contributed by atoms with van der Waals surface area (Å²) in [4.78, 5) is 14.3. The molecule has 0 aromatic heterocycles. The van der Waals surface area contributed by atoms with Gasteiger partial charge in [-0.1, -0.05) is 0 Å². The van der Waals surface area contributed by atoms with Gasteiger partial charge in [0.25, 0.3) is 0 Å². The molecule has 2 aliphatic rings. The highest BCUT2D eigenvalue weighted by Gasteiger charge is 2.35. The Hall–Kier alpha value is -0.310. The quantitative estimate of drug-likeness (QED) is 0.720. The van der Waals surface area contributed by atoms with Crippen molar-refractivity contribution >= 4 is 27.5 Å². The molecule has 0 spiro atoms. The van der Waals surface area contributed by atoms with E-state index < -0.39 is 9.84 Å². The molecule has 2 heterocycles. The molecule has 21 heavy (non-hydrogen) atoms. The Morgan fingerprint density at radius 1 is 1.48 bits per heavy atom. The number of sulfone groups is 1. The number of rotatable bonds is 6. The molecule has 0 saturated carbocycles. The minimum atomic E-state index is -2.99. The molecule has 0 radical (unpaired) electrons. The average Bonchev–Trinajstić information content (AvgIpc) is 2.80. The lowest BCUT2D eigenvalue weighted by Crippen LogP contribution is -2.47. The highest BCUT2D eigenvalue weighted by molar-refractivity contribution is 7.99. The molecule has 0 aromatic rings. The summed E-state index contributed by atoms with van der Waals surface area (Å²) in [6.07, 6.45) is 0.984. The van der Waals surface area contributed by atoms with E-state index in [1.54, 1.807) is 12.0 Å². The average molecular weight is 336 g/mol. The second-order valence-corrected chi connectivity index (χ2v) is 8.95. The standard InChI is InChI=1S/C13H24N2O4S2/c1-19-5-4-15(12-2-7-21(17,18)10-12)13(16)8-11-9-20-6-3-14-11/h11-12,14H,2-10H2,1H3. The van der Waals surface area contributed by atoms with Crippen molar-refractivity contribution in [3.05, 3.63) is 0 Å². The third kappa shape index (κ3) is 5.12. The van der Waals surface area contributed by atoms with Crippen LogP contribution in [-0.2, 0) is 19.4 Å². The fourth-order valence-corrected chi connectivity index (χ4v) is 5.48. The maximum atomic E-state index is 12.5. The molecule has 2 atom stereocenters. The van der Waals surface area contributed by atoms with E-state index in [-0.39, 0.29) is 29.5 Å². The molecular weight excluding hydrogens is 312 g/mol. The van der Waals surface area contributed by atoms with Crippen LogP contribution in [-0.4, -0.2) is 81.1 Å². The topological polar surface area (TPSA) is 75.7 Å². The molecule has 2 aliphatic heterocycles. The predicted octanol–water partition coefficient (Wildman–Crippen LogP) is -0.256. The fourth-order valence-electron chi connectivity index (χ4n) is 2.80. The fraction of sp³-hybridized carbons (Fsp3) is 0.923. The Bertz CT molecular complexity index is 449. The van der Waals surface area contributed by atoms with E-state index in [0.29, 0.717) is 26.0 Å². The van der Waals surface area contributed by atoms with Gasteiger partial charge in [0.1, 0.15) is 0 Å². The smallest absolute Gasteiger partial charge is 0.224 e. The van der Waals surface area contributed by atoms with Crippen LogP contribution in [0.5, 0.6) is 0 Å². The van der Waals surface area contributed by atoms with Gasteiger partial charge in [0.2, 0.25) is 5.91 Å². The molecular formula is C13H24N2O4S2. The van der Waals surface area contributed by atoms with E-state index in [0.717, 1.165) is 18.1 Å². The zero-order chi connectivity index (χ0) is 15.3. The summed E-state index contributed by atoms with van der Waals surface area (Å²) in [5, 5.41) is 3.35. The van der Waals surface area contributed by atoms with Gasteiger partial charge in [-0.05, 0) is 6.42 Å². The van der Waals surface area contributed by atoms with E-state index in [1.807, 2.05) is 11.8 Å². The first-order valence-electron chi connectivity index (χ1n) is 7.32. The van der Waals surface area contributed by atoms with Crippen LogP contribution in [0.25, 0.3) is 0 Å². The monoisotopic (exact) mass is 336 g/mol. The zero-order valence-corrected chi connectivity index (χ0v) is 14.0. The second kappa shape index (κ2) is 7.80. The number of amides is 1. The molecule has 1 amide bonds. The number of nitrogens with one attached hydrogen (secondary N) is 1. The number of nitrogens with zero attached hydrogens (tertiary/aromatic N) is 1. The van der Waals surface area contributed by atoms with Crippen molar-refractivity contribution in [1.29, 1.82) is 0 Å². The summed E-state index contributed by atoms with van der Waals surface area (Å²) >= 11 is 1.85. The molecule has 8 heteroatoms. The predicted molar refractivity (Wildman–Crippen MR) is 84.4 cm³/mol. The summed E-state index contributed by atoms with van der Waals surface area (Å²) in [6, 6.07) is 0.00759. The number of hydrogen-bond donors (Lipinski definition) is 1. The molecule has 2 rings (SSSR count). The Balaban J connectivity index is 1.95. The van der Waals surface area contributed by atoms with Crippen LogP contribution in [0.1, 0.15) is 12.8 Å². The van der Waals surface area contributed by atoms with Crippen molar-refractivity contribution in [2.45, 2.75) is 24.9 Å². The van der Waals surface area contributed by atoms with Crippen LogP contribution >= 0.6 is 11.8 Å². The molecule has 2 fully saturated rings. The van der Waals surface area contributed by atoms with E-state index in [1.165, 1.54) is 0 Å². The molecule has 1 N–H and O–H groups in total. The Morgan fingerprint density at radius 3 is 2.86 bits per heavy atom. The maximum Gasteiger partial charge on any atom is 0.224 e. The van der Waals surface area contributed by atoms with Gasteiger partial charge in [-0.2, -0.15) is 11.8 Å². The van der Waals surface area contributed by atoms with Gasteiger partial charge in [-0.15, -0.1) is 0 Å². The Morgan fingerprint density at radius 2 is 2.29 bits per heavy atom. The minimum absolute atomic E-state index is 0.0363. The molecule has 122 valence electrons. The highest BCUT2D eigenvalue weighted by atomic mass is 32.2. The van der Waals surface area contributed by atoms with Crippen LogP contribution in [0.2, 0.25) is 0 Å². The number of hydrogen-bond acceptors (Lipinski definition) is 6. The summed E-state index contributed by atoms with van der Waals surface area (Å²) < 4.78 is 28.4. The van der Waals surface area contributed by atoms with Gasteiger partial charge in [-0.25, -0.2) is 8.42 Å². The van der Waals surface area contributed by atoms with E-state index in [2.05, 4.69) is 5.32 Å². The molecule has 2 unspecified atom stereocenters. The van der Waals surface area contributed by atoms with Crippen molar-refractivity contribution in [3.8, 4) is 0 Å². The first kappa shape index (κ1) is 17.1. The Labute approximate surface area is 130 Å². The van der Waals surface area contributed by atoms with Gasteiger partial charge >= 0.3 is 0 Å².